The fourth-order valence-electron chi connectivity index (χ4n) is 4.08. The van der Waals surface area contributed by atoms with Crippen molar-refractivity contribution in [3.8, 4) is 28.2 Å². The molecule has 0 N–H and O–H groups in total. The van der Waals surface area contributed by atoms with E-state index in [0.29, 0.717) is 16.9 Å². The molecule has 0 atom stereocenters. The Hall–Kier alpha value is -4.55. The van der Waals surface area contributed by atoms with Crippen molar-refractivity contribution in [3.05, 3.63) is 76.0 Å². The summed E-state index contributed by atoms with van der Waals surface area (Å²) >= 11 is 0. The van der Waals surface area contributed by atoms with Crippen LogP contribution in [0.4, 0.5) is 18.9 Å². The third-order valence-corrected chi connectivity index (χ3v) is 5.52. The van der Waals surface area contributed by atoms with E-state index >= 15 is 0 Å². The first kappa shape index (κ1) is 22.3. The van der Waals surface area contributed by atoms with Crippen molar-refractivity contribution >= 4 is 11.3 Å². The number of aryl methyl sites for hydroxylation is 3. The molecule has 0 bridgehead atoms. The Balaban J connectivity index is 1.82. The number of alkyl halides is 3. The molecule has 4 heterocycles. The summed E-state index contributed by atoms with van der Waals surface area (Å²) < 4.78 is 44.8. The van der Waals surface area contributed by atoms with E-state index in [1.54, 1.807) is 10.7 Å². The number of aromatic nitrogens is 7. The van der Waals surface area contributed by atoms with E-state index in [1.807, 2.05) is 19.9 Å². The number of hydrogen-bond acceptors (Lipinski definition) is 6. The Kier molecular flexibility index (Phi) is 4.93. The highest BCUT2D eigenvalue weighted by atomic mass is 19.4. The van der Waals surface area contributed by atoms with Crippen LogP contribution < -0.4 is 0 Å². The number of hydrogen-bond donors (Lipinski definition) is 0. The standard InChI is InChI=1S/C22H17F3N8O2/c1-12-7-13(2)31(28-12)18-11-26-19-9-17(16-10-27-30(3)21(16)22(23,24)25)29-32(19)20(18)14-5-4-6-15(8-14)33(34)35/h4-11H,1-3H3. The molecule has 0 amide bonds. The zero-order valence-electron chi connectivity index (χ0n) is 18.6. The molecule has 0 saturated carbocycles. The van der Waals surface area contributed by atoms with Crippen LogP contribution in [0.25, 0.3) is 33.8 Å². The average molecular weight is 482 g/mol. The zero-order valence-corrected chi connectivity index (χ0v) is 18.6. The van der Waals surface area contributed by atoms with E-state index in [2.05, 4.69) is 20.3 Å². The summed E-state index contributed by atoms with van der Waals surface area (Å²) in [7, 11) is 1.20. The lowest BCUT2D eigenvalue weighted by Crippen LogP contribution is -2.13. The van der Waals surface area contributed by atoms with Crippen LogP contribution in [-0.2, 0) is 13.2 Å². The lowest BCUT2D eigenvalue weighted by atomic mass is 10.1. The van der Waals surface area contributed by atoms with E-state index in [-0.39, 0.29) is 22.6 Å². The maximum Gasteiger partial charge on any atom is 0.433 e. The first-order chi connectivity index (χ1) is 16.5. The number of nitro benzene ring substituents is 1. The van der Waals surface area contributed by atoms with Crippen molar-refractivity contribution in [1.82, 2.24) is 34.2 Å². The monoisotopic (exact) mass is 482 g/mol. The van der Waals surface area contributed by atoms with E-state index in [4.69, 9.17) is 0 Å². The Bertz CT molecular complexity index is 1610. The largest absolute Gasteiger partial charge is 0.433 e. The van der Waals surface area contributed by atoms with Gasteiger partial charge in [-0.1, -0.05) is 12.1 Å². The first-order valence-corrected chi connectivity index (χ1v) is 10.3. The maximum atomic E-state index is 13.7. The van der Waals surface area contributed by atoms with Crippen molar-refractivity contribution < 1.29 is 18.1 Å². The van der Waals surface area contributed by atoms with Gasteiger partial charge in [-0.05, 0) is 19.9 Å². The Morgan fingerprint density at radius 2 is 1.83 bits per heavy atom. The lowest BCUT2D eigenvalue weighted by Gasteiger charge is -2.13. The molecule has 13 heteroatoms. The molecule has 0 unspecified atom stereocenters. The van der Waals surface area contributed by atoms with Gasteiger partial charge in [-0.2, -0.15) is 28.5 Å². The summed E-state index contributed by atoms with van der Waals surface area (Å²) in [6.45, 7) is 3.65. The molecular weight excluding hydrogens is 465 g/mol. The van der Waals surface area contributed by atoms with Gasteiger partial charge in [0.15, 0.2) is 11.3 Å². The van der Waals surface area contributed by atoms with Crippen molar-refractivity contribution in [2.75, 3.05) is 0 Å². The summed E-state index contributed by atoms with van der Waals surface area (Å²) in [4.78, 5) is 15.3. The predicted octanol–water partition coefficient (Wildman–Crippen LogP) is 4.53. The zero-order chi connectivity index (χ0) is 25.1. The lowest BCUT2D eigenvalue weighted by molar-refractivity contribution is -0.384. The van der Waals surface area contributed by atoms with Gasteiger partial charge < -0.3 is 0 Å². The van der Waals surface area contributed by atoms with Gasteiger partial charge in [0.25, 0.3) is 5.69 Å². The van der Waals surface area contributed by atoms with E-state index in [1.165, 1.54) is 42.0 Å². The van der Waals surface area contributed by atoms with Crippen molar-refractivity contribution in [2.24, 2.45) is 7.05 Å². The molecule has 0 saturated heterocycles. The van der Waals surface area contributed by atoms with E-state index < -0.39 is 16.8 Å². The number of nitro groups is 1. The summed E-state index contributed by atoms with van der Waals surface area (Å²) in [6, 6.07) is 9.17. The average Bonchev–Trinajstić information content (AvgIpc) is 3.48. The Morgan fingerprint density at radius 3 is 2.49 bits per heavy atom. The fourth-order valence-corrected chi connectivity index (χ4v) is 4.08. The van der Waals surface area contributed by atoms with Gasteiger partial charge in [-0.3, -0.25) is 14.8 Å². The summed E-state index contributed by atoms with van der Waals surface area (Å²) in [5, 5.41) is 24.1. The van der Waals surface area contributed by atoms with Crippen LogP contribution >= 0.6 is 0 Å². The van der Waals surface area contributed by atoms with Crippen LogP contribution in [0.1, 0.15) is 17.1 Å². The molecule has 5 rings (SSSR count). The van der Waals surface area contributed by atoms with Gasteiger partial charge in [0, 0.05) is 36.5 Å². The normalized spacial score (nSPS) is 11.9. The van der Waals surface area contributed by atoms with Crippen molar-refractivity contribution in [2.45, 2.75) is 20.0 Å². The van der Waals surface area contributed by atoms with Gasteiger partial charge >= 0.3 is 6.18 Å². The first-order valence-electron chi connectivity index (χ1n) is 10.3. The maximum absolute atomic E-state index is 13.7. The van der Waals surface area contributed by atoms with Gasteiger partial charge in [0.1, 0.15) is 11.4 Å². The van der Waals surface area contributed by atoms with Crippen LogP contribution in [0.2, 0.25) is 0 Å². The third kappa shape index (κ3) is 3.70. The van der Waals surface area contributed by atoms with Crippen LogP contribution in [0.5, 0.6) is 0 Å². The predicted molar refractivity (Wildman–Crippen MR) is 119 cm³/mol. The molecule has 0 aliphatic heterocycles. The van der Waals surface area contributed by atoms with E-state index in [0.717, 1.165) is 22.3 Å². The SMILES string of the molecule is Cc1cc(C)n(-c2cnc3cc(-c4cnn(C)c4C(F)(F)F)nn3c2-c2cccc([N+](=O)[O-])c2)n1. The van der Waals surface area contributed by atoms with Crippen molar-refractivity contribution in [1.29, 1.82) is 0 Å². The molecule has 0 fully saturated rings. The molecule has 35 heavy (non-hydrogen) atoms. The fraction of sp³-hybridized carbons (Fsp3) is 0.182. The molecule has 0 aliphatic carbocycles. The second-order valence-electron chi connectivity index (χ2n) is 7.97. The van der Waals surface area contributed by atoms with Gasteiger partial charge in [-0.15, -0.1) is 0 Å². The molecular formula is C22H17F3N8O2. The Labute approximate surface area is 195 Å². The molecule has 178 valence electrons. The summed E-state index contributed by atoms with van der Waals surface area (Å²) in [5.74, 6) is 0. The Morgan fingerprint density at radius 1 is 1.06 bits per heavy atom. The minimum atomic E-state index is -4.65. The van der Waals surface area contributed by atoms with Crippen LogP contribution in [0.3, 0.4) is 0 Å². The summed E-state index contributed by atoms with van der Waals surface area (Å²) in [6.07, 6.45) is -2.04. The molecule has 10 nitrogen and oxygen atoms in total. The van der Waals surface area contributed by atoms with Gasteiger partial charge in [0.05, 0.1) is 34.3 Å². The number of halogens is 3. The number of nitrogens with zero attached hydrogens (tertiary/aromatic N) is 8. The molecule has 0 spiro atoms. The molecule has 0 aliphatic rings. The van der Waals surface area contributed by atoms with Gasteiger partial charge in [0.2, 0.25) is 0 Å². The van der Waals surface area contributed by atoms with Crippen molar-refractivity contribution in [3.63, 3.8) is 0 Å². The highest BCUT2D eigenvalue weighted by molar-refractivity contribution is 5.75. The molecule has 5 aromatic rings. The number of rotatable bonds is 4. The minimum Gasteiger partial charge on any atom is -0.263 e. The highest BCUT2D eigenvalue weighted by Gasteiger charge is 2.38. The number of benzene rings is 1. The van der Waals surface area contributed by atoms with Crippen LogP contribution in [0.15, 0.2) is 48.8 Å². The smallest absolute Gasteiger partial charge is 0.263 e. The molecule has 0 radical (unpaired) electrons. The quantitative estimate of drug-likeness (QED) is 0.275. The van der Waals surface area contributed by atoms with Gasteiger partial charge in [-0.25, -0.2) is 14.2 Å². The third-order valence-electron chi connectivity index (χ3n) is 5.52. The highest BCUT2D eigenvalue weighted by Crippen LogP contribution is 2.37. The molecule has 4 aromatic heterocycles. The van der Waals surface area contributed by atoms with E-state index in [9.17, 15) is 23.3 Å². The molecule has 1 aromatic carbocycles. The van der Waals surface area contributed by atoms with Crippen LogP contribution in [0, 0.1) is 24.0 Å². The second kappa shape index (κ2) is 7.75. The number of non-ortho nitro benzene ring substituents is 1. The topological polar surface area (TPSA) is 109 Å². The van der Waals surface area contributed by atoms with Crippen LogP contribution in [-0.4, -0.2) is 39.1 Å². The minimum absolute atomic E-state index is 0.00937. The second-order valence-corrected chi connectivity index (χ2v) is 7.97. The number of fused-ring (bicyclic) bond motifs is 1. The summed E-state index contributed by atoms with van der Waals surface area (Å²) in [5.41, 5.74) is 1.73.